The molecule has 20 heavy (non-hydrogen) atoms. The Morgan fingerprint density at radius 2 is 2.10 bits per heavy atom. The number of benzene rings is 1. The van der Waals surface area contributed by atoms with Crippen molar-refractivity contribution in [1.82, 2.24) is 15.3 Å². The fourth-order valence-electron chi connectivity index (χ4n) is 1.87. The lowest BCUT2D eigenvalue weighted by molar-refractivity contribution is 0.503. The van der Waals surface area contributed by atoms with Crippen molar-refractivity contribution >= 4 is 34.1 Å². The molecule has 7 heteroatoms. The van der Waals surface area contributed by atoms with Crippen molar-refractivity contribution < 1.29 is 4.42 Å². The number of rotatable bonds is 3. The first-order chi connectivity index (χ1) is 9.70. The van der Waals surface area contributed by atoms with Crippen LogP contribution in [0, 0.1) is 0 Å². The van der Waals surface area contributed by atoms with E-state index in [1.165, 1.54) is 0 Å². The summed E-state index contributed by atoms with van der Waals surface area (Å²) < 4.78 is 5.20. The smallest absolute Gasteiger partial charge is 0.323 e. The van der Waals surface area contributed by atoms with E-state index in [0.29, 0.717) is 11.7 Å². The molecule has 6 nitrogen and oxygen atoms in total. The maximum atomic E-state index is 11.2. The predicted molar refractivity (Wildman–Crippen MR) is 80.7 cm³/mol. The number of thiocarbonyl (C=S) groups is 1. The number of aromatic amines is 2. The van der Waals surface area contributed by atoms with Crippen LogP contribution in [0.25, 0.3) is 11.0 Å². The Morgan fingerprint density at radius 1 is 1.25 bits per heavy atom. The molecule has 0 saturated heterocycles. The Hall–Kier alpha value is -2.54. The molecule has 0 radical (unpaired) electrons. The fraction of sp³-hybridized carbons (Fsp3) is 0.0769. The molecule has 3 rings (SSSR count). The molecular formula is C13H12N4O2S. The average Bonchev–Trinajstić information content (AvgIpc) is 3.04. The maximum absolute atomic E-state index is 11.2. The van der Waals surface area contributed by atoms with Crippen molar-refractivity contribution in [2.24, 2.45) is 0 Å². The molecule has 4 N–H and O–H groups in total. The van der Waals surface area contributed by atoms with Gasteiger partial charge in [0.15, 0.2) is 5.11 Å². The lowest BCUT2D eigenvalue weighted by Crippen LogP contribution is -2.27. The van der Waals surface area contributed by atoms with Crippen LogP contribution in [0.1, 0.15) is 5.76 Å². The molecule has 102 valence electrons. The number of hydrogen-bond acceptors (Lipinski definition) is 3. The first-order valence-corrected chi connectivity index (χ1v) is 6.41. The van der Waals surface area contributed by atoms with Crippen LogP contribution in [0.2, 0.25) is 0 Å². The van der Waals surface area contributed by atoms with E-state index in [-0.39, 0.29) is 5.69 Å². The van der Waals surface area contributed by atoms with E-state index in [4.69, 9.17) is 16.6 Å². The monoisotopic (exact) mass is 288 g/mol. The summed E-state index contributed by atoms with van der Waals surface area (Å²) in [6.45, 7) is 0.516. The van der Waals surface area contributed by atoms with E-state index in [2.05, 4.69) is 20.6 Å². The van der Waals surface area contributed by atoms with Crippen molar-refractivity contribution in [2.45, 2.75) is 6.54 Å². The lowest BCUT2D eigenvalue weighted by atomic mass is 10.3. The summed E-state index contributed by atoms with van der Waals surface area (Å²) >= 11 is 5.19. The maximum Gasteiger partial charge on any atom is 0.323 e. The molecule has 0 atom stereocenters. The Kier molecular flexibility index (Phi) is 3.26. The van der Waals surface area contributed by atoms with Gasteiger partial charge in [0.1, 0.15) is 5.76 Å². The van der Waals surface area contributed by atoms with Gasteiger partial charge in [0.2, 0.25) is 0 Å². The third kappa shape index (κ3) is 2.72. The molecule has 0 amide bonds. The molecule has 0 fully saturated rings. The van der Waals surface area contributed by atoms with E-state index in [1.807, 2.05) is 30.3 Å². The number of fused-ring (bicyclic) bond motifs is 1. The second-order valence-electron chi connectivity index (χ2n) is 4.23. The van der Waals surface area contributed by atoms with Gasteiger partial charge in [-0.1, -0.05) is 0 Å². The number of nitrogens with one attached hydrogen (secondary N) is 4. The summed E-state index contributed by atoms with van der Waals surface area (Å²) in [5.74, 6) is 0.805. The van der Waals surface area contributed by atoms with Gasteiger partial charge >= 0.3 is 5.69 Å². The SMILES string of the molecule is O=c1[nH]c2ccc(NC(=S)NCc3ccco3)cc2[nH]1. The number of anilines is 1. The number of imidazole rings is 1. The molecule has 0 aliphatic carbocycles. The van der Waals surface area contributed by atoms with E-state index < -0.39 is 0 Å². The number of hydrogen-bond donors (Lipinski definition) is 4. The molecule has 0 saturated carbocycles. The van der Waals surface area contributed by atoms with Gasteiger partial charge in [-0.05, 0) is 42.5 Å². The third-order valence-corrected chi connectivity index (χ3v) is 3.02. The highest BCUT2D eigenvalue weighted by Crippen LogP contribution is 2.14. The van der Waals surface area contributed by atoms with Crippen LogP contribution < -0.4 is 16.3 Å². The predicted octanol–water partition coefficient (Wildman–Crippen LogP) is 1.94. The zero-order valence-electron chi connectivity index (χ0n) is 10.4. The summed E-state index contributed by atoms with van der Waals surface area (Å²) in [5, 5.41) is 6.57. The van der Waals surface area contributed by atoms with Crippen LogP contribution >= 0.6 is 12.2 Å². The van der Waals surface area contributed by atoms with E-state index in [0.717, 1.165) is 22.5 Å². The van der Waals surface area contributed by atoms with Gasteiger partial charge in [-0.15, -0.1) is 0 Å². The highest BCUT2D eigenvalue weighted by atomic mass is 32.1. The Labute approximate surface area is 119 Å². The summed E-state index contributed by atoms with van der Waals surface area (Å²) in [6.07, 6.45) is 1.61. The average molecular weight is 288 g/mol. The van der Waals surface area contributed by atoms with Gasteiger partial charge in [0.25, 0.3) is 0 Å². The number of furan rings is 1. The Morgan fingerprint density at radius 3 is 2.90 bits per heavy atom. The zero-order valence-corrected chi connectivity index (χ0v) is 11.2. The lowest BCUT2D eigenvalue weighted by Gasteiger charge is -2.09. The summed E-state index contributed by atoms with van der Waals surface area (Å²) in [5.41, 5.74) is 2.06. The standard InChI is InChI=1S/C13H12N4O2S/c18-12-16-10-4-3-8(6-11(10)17-12)15-13(20)14-7-9-2-1-5-19-9/h1-6H,7H2,(H2,14,15,20)(H2,16,17,18). The summed E-state index contributed by atoms with van der Waals surface area (Å²) in [7, 11) is 0. The molecule has 2 aromatic heterocycles. The van der Waals surface area contributed by atoms with Crippen LogP contribution in [0.5, 0.6) is 0 Å². The van der Waals surface area contributed by atoms with Crippen LogP contribution in [0.15, 0.2) is 45.8 Å². The van der Waals surface area contributed by atoms with Crippen molar-refractivity contribution in [3.63, 3.8) is 0 Å². The molecule has 0 aliphatic rings. The van der Waals surface area contributed by atoms with Gasteiger partial charge in [0.05, 0.1) is 23.8 Å². The van der Waals surface area contributed by atoms with Crippen LogP contribution in [0.3, 0.4) is 0 Å². The van der Waals surface area contributed by atoms with Gasteiger partial charge in [0, 0.05) is 5.69 Å². The van der Waals surface area contributed by atoms with Crippen LogP contribution in [-0.4, -0.2) is 15.1 Å². The molecule has 0 unspecified atom stereocenters. The Bertz CT molecular complexity index is 788. The van der Waals surface area contributed by atoms with E-state index >= 15 is 0 Å². The van der Waals surface area contributed by atoms with Gasteiger partial charge in [-0.3, -0.25) is 0 Å². The Balaban J connectivity index is 1.66. The van der Waals surface area contributed by atoms with Gasteiger partial charge in [-0.25, -0.2) is 4.79 Å². The fourth-order valence-corrected chi connectivity index (χ4v) is 2.06. The molecule has 0 aliphatic heterocycles. The van der Waals surface area contributed by atoms with E-state index in [9.17, 15) is 4.79 Å². The molecule has 3 aromatic rings. The second-order valence-corrected chi connectivity index (χ2v) is 4.63. The largest absolute Gasteiger partial charge is 0.467 e. The molecule has 2 heterocycles. The molecular weight excluding hydrogens is 276 g/mol. The number of aromatic nitrogens is 2. The molecule has 1 aromatic carbocycles. The minimum Gasteiger partial charge on any atom is -0.467 e. The first kappa shape index (κ1) is 12.5. The zero-order chi connectivity index (χ0) is 13.9. The molecule has 0 bridgehead atoms. The summed E-state index contributed by atoms with van der Waals surface area (Å²) in [6, 6.07) is 9.15. The summed E-state index contributed by atoms with van der Waals surface area (Å²) in [4.78, 5) is 16.6. The van der Waals surface area contributed by atoms with Crippen molar-refractivity contribution in [3.8, 4) is 0 Å². The first-order valence-electron chi connectivity index (χ1n) is 6.00. The highest BCUT2D eigenvalue weighted by Gasteiger charge is 2.02. The van der Waals surface area contributed by atoms with Gasteiger partial charge < -0.3 is 25.0 Å². The highest BCUT2D eigenvalue weighted by molar-refractivity contribution is 7.80. The van der Waals surface area contributed by atoms with Crippen molar-refractivity contribution in [1.29, 1.82) is 0 Å². The third-order valence-electron chi connectivity index (χ3n) is 2.78. The van der Waals surface area contributed by atoms with E-state index in [1.54, 1.807) is 6.26 Å². The topological polar surface area (TPSA) is 85.8 Å². The van der Waals surface area contributed by atoms with Crippen molar-refractivity contribution in [2.75, 3.05) is 5.32 Å². The minimum absolute atomic E-state index is 0.226. The van der Waals surface area contributed by atoms with Crippen LogP contribution in [-0.2, 0) is 6.54 Å². The van der Waals surface area contributed by atoms with Crippen LogP contribution in [0.4, 0.5) is 5.69 Å². The quantitative estimate of drug-likeness (QED) is 0.553. The minimum atomic E-state index is -0.226. The van der Waals surface area contributed by atoms with Gasteiger partial charge in [-0.2, -0.15) is 0 Å². The second kappa shape index (κ2) is 5.22. The molecule has 0 spiro atoms. The normalized spacial score (nSPS) is 10.6. The number of H-pyrrole nitrogens is 2. The van der Waals surface area contributed by atoms with Crippen molar-refractivity contribution in [3.05, 3.63) is 52.8 Å².